The summed E-state index contributed by atoms with van der Waals surface area (Å²) in [5, 5.41) is 3.39. The summed E-state index contributed by atoms with van der Waals surface area (Å²) in [6, 6.07) is 7.87. The van der Waals surface area contributed by atoms with Gasteiger partial charge in [0.05, 0.1) is 11.2 Å². The zero-order chi connectivity index (χ0) is 27.1. The molecular formula is C28H38FN5O4. The molecule has 9 nitrogen and oxygen atoms in total. The number of ether oxygens (including phenoxy) is 1. The summed E-state index contributed by atoms with van der Waals surface area (Å²) in [7, 11) is 0. The molecule has 3 saturated heterocycles. The van der Waals surface area contributed by atoms with Crippen LogP contribution in [0.4, 0.5) is 19.7 Å². The SMILES string of the molecule is CC(C)(C)OC(=O)N1CCC(F)(CN2CCC(n3ccc4c(N5CCC(=O)NC5=O)cccc43)CC2)CC1. The van der Waals surface area contributed by atoms with E-state index < -0.39 is 11.3 Å². The maximum atomic E-state index is 15.7. The number of rotatable bonds is 4. The van der Waals surface area contributed by atoms with Crippen molar-refractivity contribution in [3.05, 3.63) is 30.5 Å². The highest BCUT2D eigenvalue weighted by atomic mass is 19.1. The molecule has 0 saturated carbocycles. The van der Waals surface area contributed by atoms with Crippen LogP contribution in [0, 0.1) is 0 Å². The maximum Gasteiger partial charge on any atom is 0.410 e. The van der Waals surface area contributed by atoms with Crippen LogP contribution in [-0.2, 0) is 9.53 Å². The number of carbonyl (C=O) groups is 3. The molecule has 0 aliphatic carbocycles. The van der Waals surface area contributed by atoms with Crippen molar-refractivity contribution in [1.82, 2.24) is 19.7 Å². The number of urea groups is 1. The van der Waals surface area contributed by atoms with Gasteiger partial charge in [0, 0.05) is 76.2 Å². The average Bonchev–Trinajstić information content (AvgIpc) is 3.28. The summed E-state index contributed by atoms with van der Waals surface area (Å²) in [4.78, 5) is 41.8. The number of nitrogens with one attached hydrogen (secondary N) is 1. The first kappa shape index (κ1) is 26.5. The third-order valence-electron chi connectivity index (χ3n) is 7.85. The molecule has 38 heavy (non-hydrogen) atoms. The number of hydrogen-bond donors (Lipinski definition) is 1. The van der Waals surface area contributed by atoms with Gasteiger partial charge in [-0.25, -0.2) is 14.0 Å². The van der Waals surface area contributed by atoms with Gasteiger partial charge in [0.25, 0.3) is 0 Å². The van der Waals surface area contributed by atoms with Crippen LogP contribution in [0.25, 0.3) is 10.9 Å². The van der Waals surface area contributed by atoms with Crippen LogP contribution >= 0.6 is 0 Å². The number of fused-ring (bicyclic) bond motifs is 1. The predicted octanol–water partition coefficient (Wildman–Crippen LogP) is 4.46. The molecule has 0 atom stereocenters. The molecule has 1 N–H and O–H groups in total. The Balaban J connectivity index is 1.18. The number of benzene rings is 1. The molecule has 4 heterocycles. The van der Waals surface area contributed by atoms with Crippen molar-refractivity contribution in [3.63, 3.8) is 0 Å². The monoisotopic (exact) mass is 527 g/mol. The minimum absolute atomic E-state index is 0.244. The van der Waals surface area contributed by atoms with E-state index in [0.29, 0.717) is 45.1 Å². The molecule has 0 radical (unpaired) electrons. The second-order valence-corrected chi connectivity index (χ2v) is 11.8. The van der Waals surface area contributed by atoms with E-state index in [4.69, 9.17) is 4.74 Å². The number of nitrogens with zero attached hydrogens (tertiary/aromatic N) is 4. The highest BCUT2D eigenvalue weighted by Crippen LogP contribution is 2.35. The fraction of sp³-hybridized carbons (Fsp3) is 0.607. The molecule has 1 aromatic carbocycles. The zero-order valence-corrected chi connectivity index (χ0v) is 22.5. The van der Waals surface area contributed by atoms with Crippen molar-refractivity contribution in [1.29, 1.82) is 0 Å². The molecule has 3 aliphatic heterocycles. The van der Waals surface area contributed by atoms with Crippen LogP contribution in [0.3, 0.4) is 0 Å². The Bertz CT molecular complexity index is 1210. The van der Waals surface area contributed by atoms with E-state index in [-0.39, 0.29) is 24.5 Å². The van der Waals surface area contributed by atoms with E-state index in [9.17, 15) is 14.4 Å². The lowest BCUT2D eigenvalue weighted by Gasteiger charge is -2.41. The van der Waals surface area contributed by atoms with E-state index in [2.05, 4.69) is 27.0 Å². The molecule has 3 aliphatic rings. The van der Waals surface area contributed by atoms with Gasteiger partial charge >= 0.3 is 12.1 Å². The van der Waals surface area contributed by atoms with Crippen molar-refractivity contribution in [3.8, 4) is 0 Å². The lowest BCUT2D eigenvalue weighted by Crippen LogP contribution is -2.51. The molecular weight excluding hydrogens is 489 g/mol. The molecule has 10 heteroatoms. The number of hydrogen-bond acceptors (Lipinski definition) is 5. The molecule has 1 aromatic heterocycles. The summed E-state index contributed by atoms with van der Waals surface area (Å²) in [6.45, 7) is 8.64. The topological polar surface area (TPSA) is 87.1 Å². The number of anilines is 1. The summed E-state index contributed by atoms with van der Waals surface area (Å²) in [6.07, 6.45) is 4.47. The van der Waals surface area contributed by atoms with Crippen LogP contribution < -0.4 is 10.2 Å². The van der Waals surface area contributed by atoms with E-state index in [1.807, 2.05) is 39.0 Å². The van der Waals surface area contributed by atoms with Crippen LogP contribution in [0.2, 0.25) is 0 Å². The Morgan fingerprint density at radius 2 is 1.79 bits per heavy atom. The fourth-order valence-corrected chi connectivity index (χ4v) is 5.85. The number of carbonyl (C=O) groups excluding carboxylic acids is 3. The van der Waals surface area contributed by atoms with E-state index in [1.165, 1.54) is 0 Å². The number of amides is 4. The molecule has 0 unspecified atom stereocenters. The second-order valence-electron chi connectivity index (χ2n) is 11.8. The van der Waals surface area contributed by atoms with Crippen LogP contribution in [-0.4, -0.2) is 82.9 Å². The fourth-order valence-electron chi connectivity index (χ4n) is 5.85. The van der Waals surface area contributed by atoms with Crippen molar-refractivity contribution < 1.29 is 23.5 Å². The lowest BCUT2D eigenvalue weighted by atomic mass is 9.91. The van der Waals surface area contributed by atoms with Crippen molar-refractivity contribution in [2.45, 2.75) is 70.2 Å². The number of alkyl halides is 1. The first-order valence-corrected chi connectivity index (χ1v) is 13.6. The maximum absolute atomic E-state index is 15.7. The third-order valence-corrected chi connectivity index (χ3v) is 7.85. The predicted molar refractivity (Wildman–Crippen MR) is 143 cm³/mol. The Morgan fingerprint density at radius 3 is 2.45 bits per heavy atom. The van der Waals surface area contributed by atoms with Gasteiger partial charge in [-0.05, 0) is 51.8 Å². The van der Waals surface area contributed by atoms with E-state index in [1.54, 1.807) is 9.80 Å². The van der Waals surface area contributed by atoms with Gasteiger partial charge in [-0.2, -0.15) is 0 Å². The molecule has 5 rings (SSSR count). The summed E-state index contributed by atoms with van der Waals surface area (Å²) < 4.78 is 23.4. The van der Waals surface area contributed by atoms with E-state index >= 15 is 4.39 Å². The Morgan fingerprint density at radius 1 is 1.08 bits per heavy atom. The number of halogens is 1. The van der Waals surface area contributed by atoms with Crippen LogP contribution in [0.1, 0.15) is 58.9 Å². The molecule has 0 bridgehead atoms. The Kier molecular flexibility index (Phi) is 7.11. The number of likely N-dealkylation sites (tertiary alicyclic amines) is 2. The van der Waals surface area contributed by atoms with Gasteiger partial charge in [0.1, 0.15) is 11.3 Å². The van der Waals surface area contributed by atoms with Gasteiger partial charge < -0.3 is 19.1 Å². The van der Waals surface area contributed by atoms with Crippen molar-refractivity contribution >= 4 is 34.6 Å². The number of aromatic nitrogens is 1. The number of imide groups is 1. The van der Waals surface area contributed by atoms with Crippen LogP contribution in [0.5, 0.6) is 0 Å². The Hall–Kier alpha value is -3.14. The molecule has 3 fully saturated rings. The largest absolute Gasteiger partial charge is 0.444 e. The smallest absolute Gasteiger partial charge is 0.410 e. The van der Waals surface area contributed by atoms with Crippen molar-refractivity contribution in [2.24, 2.45) is 0 Å². The highest BCUT2D eigenvalue weighted by Gasteiger charge is 2.39. The first-order chi connectivity index (χ1) is 18.0. The van der Waals surface area contributed by atoms with Crippen LogP contribution in [0.15, 0.2) is 30.5 Å². The van der Waals surface area contributed by atoms with E-state index in [0.717, 1.165) is 42.5 Å². The Labute approximate surface area is 222 Å². The lowest BCUT2D eigenvalue weighted by molar-refractivity contribution is -0.120. The minimum Gasteiger partial charge on any atom is -0.444 e. The standard InChI is InChI=1S/C28H38FN5O4/c1-27(2,3)38-26(37)32-17-11-28(29,12-18-32)19-31-13-7-20(8-14-31)33-15-9-21-22(33)5-4-6-23(21)34-16-10-24(35)30-25(34)36/h4-6,9,15,20H,7-8,10-14,16-19H2,1-3H3,(H,30,35,36). The molecule has 4 amide bonds. The molecule has 0 spiro atoms. The normalized spacial score (nSPS) is 21.6. The van der Waals surface area contributed by atoms with Gasteiger partial charge in [0.2, 0.25) is 5.91 Å². The first-order valence-electron chi connectivity index (χ1n) is 13.6. The summed E-state index contributed by atoms with van der Waals surface area (Å²) >= 11 is 0. The van der Waals surface area contributed by atoms with Crippen molar-refractivity contribution in [2.75, 3.05) is 44.2 Å². The van der Waals surface area contributed by atoms with Gasteiger partial charge in [-0.1, -0.05) is 6.07 Å². The third kappa shape index (κ3) is 5.65. The zero-order valence-electron chi connectivity index (χ0n) is 22.5. The van der Waals surface area contributed by atoms with Gasteiger partial charge in [-0.15, -0.1) is 0 Å². The average molecular weight is 528 g/mol. The molecule has 206 valence electrons. The molecule has 2 aromatic rings. The van der Waals surface area contributed by atoms with Gasteiger partial charge in [-0.3, -0.25) is 15.0 Å². The quantitative estimate of drug-likeness (QED) is 0.634. The summed E-state index contributed by atoms with van der Waals surface area (Å²) in [5.41, 5.74) is 0.0143. The summed E-state index contributed by atoms with van der Waals surface area (Å²) in [5.74, 6) is -0.244. The van der Waals surface area contributed by atoms with Gasteiger partial charge in [0.15, 0.2) is 0 Å². The number of piperidine rings is 2. The second kappa shape index (κ2) is 10.2. The highest BCUT2D eigenvalue weighted by molar-refractivity contribution is 6.09. The minimum atomic E-state index is -1.29.